The van der Waals surface area contributed by atoms with Crippen LogP contribution in [-0.2, 0) is 4.84 Å². The maximum absolute atomic E-state index is 5.60. The van der Waals surface area contributed by atoms with Crippen LogP contribution in [0.15, 0.2) is 53.7 Å². The smallest absolute Gasteiger partial charge is 0.203 e. The maximum atomic E-state index is 5.60. The Hall–Kier alpha value is -2.69. The van der Waals surface area contributed by atoms with Gasteiger partial charge in [0.1, 0.15) is 0 Å². The first-order valence-corrected chi connectivity index (χ1v) is 7.66. The minimum Gasteiger partial charge on any atom is -0.493 e. The third kappa shape index (κ3) is 3.62. The van der Waals surface area contributed by atoms with Gasteiger partial charge in [-0.2, -0.15) is 0 Å². The third-order valence-corrected chi connectivity index (χ3v) is 3.71. The van der Waals surface area contributed by atoms with Gasteiger partial charge in [-0.15, -0.1) is 0 Å². The molecule has 0 radical (unpaired) electrons. The average molecular weight is 329 g/mol. The number of hydrogen-bond acceptors (Lipinski definition) is 5. The van der Waals surface area contributed by atoms with E-state index in [-0.39, 0.29) is 6.10 Å². The fraction of sp³-hybridized carbons (Fsp3) is 0.316. The van der Waals surface area contributed by atoms with Crippen LogP contribution in [0.3, 0.4) is 0 Å². The fourth-order valence-electron chi connectivity index (χ4n) is 2.57. The zero-order chi connectivity index (χ0) is 17.5. The van der Waals surface area contributed by atoms with Crippen LogP contribution in [0.2, 0.25) is 0 Å². The van der Waals surface area contributed by atoms with E-state index in [1.807, 2.05) is 37.3 Å². The van der Waals surface area contributed by atoms with Gasteiger partial charge < -0.3 is 19.0 Å². The van der Waals surface area contributed by atoms with Crippen LogP contribution in [-0.4, -0.2) is 33.1 Å². The van der Waals surface area contributed by atoms with Crippen LogP contribution in [0.1, 0.15) is 18.9 Å². The van der Waals surface area contributed by atoms with Gasteiger partial charge >= 0.3 is 0 Å². The largest absolute Gasteiger partial charge is 0.493 e. The summed E-state index contributed by atoms with van der Waals surface area (Å²) < 4.78 is 16.1. The molecule has 1 aromatic carbocycles. The highest BCUT2D eigenvalue weighted by atomic mass is 16.6. The van der Waals surface area contributed by atoms with Gasteiger partial charge in [0.05, 0.1) is 27.0 Å². The van der Waals surface area contributed by atoms with Gasteiger partial charge in [0.2, 0.25) is 5.75 Å². The predicted octanol–water partition coefficient (Wildman–Crippen LogP) is 3.89. The van der Waals surface area contributed by atoms with Gasteiger partial charge in [0.15, 0.2) is 17.6 Å². The van der Waals surface area contributed by atoms with Crippen molar-refractivity contribution in [1.82, 2.24) is 0 Å². The lowest BCUT2D eigenvalue weighted by Gasteiger charge is -2.14. The molecule has 0 N–H and O–H groups in total. The molecule has 1 aromatic rings. The lowest BCUT2D eigenvalue weighted by Crippen LogP contribution is -2.11. The predicted molar refractivity (Wildman–Crippen MR) is 95.2 cm³/mol. The lowest BCUT2D eigenvalue weighted by atomic mass is 9.99. The molecule has 0 fully saturated rings. The zero-order valence-electron chi connectivity index (χ0n) is 14.5. The second-order valence-electron chi connectivity index (χ2n) is 5.15. The summed E-state index contributed by atoms with van der Waals surface area (Å²) >= 11 is 0. The van der Waals surface area contributed by atoms with E-state index in [9.17, 15) is 0 Å². The molecule has 1 heterocycles. The van der Waals surface area contributed by atoms with Gasteiger partial charge in [-0.1, -0.05) is 36.0 Å². The van der Waals surface area contributed by atoms with E-state index in [0.717, 1.165) is 16.8 Å². The molecule has 1 atom stereocenters. The van der Waals surface area contributed by atoms with Gasteiger partial charge in [-0.3, -0.25) is 0 Å². The second-order valence-corrected chi connectivity index (χ2v) is 5.15. The van der Waals surface area contributed by atoms with E-state index in [2.05, 4.69) is 11.7 Å². The van der Waals surface area contributed by atoms with Crippen LogP contribution < -0.4 is 14.2 Å². The Morgan fingerprint density at radius 1 is 1.21 bits per heavy atom. The molecular formula is C19H23NO4. The van der Waals surface area contributed by atoms with Crippen molar-refractivity contribution in [3.63, 3.8) is 0 Å². The summed E-state index contributed by atoms with van der Waals surface area (Å²) in [5, 5.41) is 4.23. The van der Waals surface area contributed by atoms with Crippen molar-refractivity contribution in [2.24, 2.45) is 5.16 Å². The Morgan fingerprint density at radius 3 is 2.38 bits per heavy atom. The van der Waals surface area contributed by atoms with Gasteiger partial charge in [-0.05, 0) is 24.6 Å². The minimum atomic E-state index is -0.131. The van der Waals surface area contributed by atoms with Crippen molar-refractivity contribution in [3.8, 4) is 17.2 Å². The van der Waals surface area contributed by atoms with Crippen LogP contribution in [0.25, 0.3) is 0 Å². The Kier molecular flexibility index (Phi) is 6.07. The van der Waals surface area contributed by atoms with Crippen molar-refractivity contribution in [1.29, 1.82) is 0 Å². The molecule has 0 aromatic heterocycles. The van der Waals surface area contributed by atoms with E-state index < -0.39 is 0 Å². The molecule has 1 unspecified atom stereocenters. The molecule has 0 saturated heterocycles. The van der Waals surface area contributed by atoms with Gasteiger partial charge in [0, 0.05) is 12.0 Å². The number of ether oxygens (including phenoxy) is 3. The summed E-state index contributed by atoms with van der Waals surface area (Å²) in [6.45, 7) is 5.71. The fourth-order valence-corrected chi connectivity index (χ4v) is 2.57. The summed E-state index contributed by atoms with van der Waals surface area (Å²) in [4.78, 5) is 5.60. The SMILES string of the molecule is C=C/C=C(\C=C/C)C1CC(c2cc(OC)c(OC)c(OC)c2)=NO1. The Labute approximate surface area is 142 Å². The van der Waals surface area contributed by atoms with Crippen molar-refractivity contribution in [2.45, 2.75) is 19.4 Å². The highest BCUT2D eigenvalue weighted by molar-refractivity contribution is 6.02. The van der Waals surface area contributed by atoms with E-state index >= 15 is 0 Å². The highest BCUT2D eigenvalue weighted by Gasteiger charge is 2.26. The monoisotopic (exact) mass is 329 g/mol. The standard InChI is InChI=1S/C19H23NO4/c1-6-8-13(9-7-2)16-12-15(20-24-16)14-10-17(21-3)19(23-5)18(11-14)22-4/h6-11,16H,1,12H2,2-5H3/b9-7-,13-8+. The molecule has 1 aliphatic rings. The van der Waals surface area contributed by atoms with E-state index in [0.29, 0.717) is 23.7 Å². The lowest BCUT2D eigenvalue weighted by molar-refractivity contribution is 0.114. The summed E-state index contributed by atoms with van der Waals surface area (Å²) in [6.07, 6.45) is 8.17. The van der Waals surface area contributed by atoms with Crippen molar-refractivity contribution in [3.05, 3.63) is 54.2 Å². The van der Waals surface area contributed by atoms with Gasteiger partial charge in [-0.25, -0.2) is 0 Å². The van der Waals surface area contributed by atoms with Crippen LogP contribution in [0.5, 0.6) is 17.2 Å². The summed E-state index contributed by atoms with van der Waals surface area (Å²) in [7, 11) is 4.76. The molecule has 128 valence electrons. The number of benzene rings is 1. The molecule has 5 heteroatoms. The van der Waals surface area contributed by atoms with Crippen molar-refractivity contribution < 1.29 is 19.0 Å². The molecule has 5 nitrogen and oxygen atoms in total. The van der Waals surface area contributed by atoms with Gasteiger partial charge in [0.25, 0.3) is 0 Å². The first-order chi connectivity index (χ1) is 11.7. The average Bonchev–Trinajstić information content (AvgIpc) is 3.10. The molecule has 0 aliphatic carbocycles. The zero-order valence-corrected chi connectivity index (χ0v) is 14.5. The molecule has 0 spiro atoms. The van der Waals surface area contributed by atoms with Crippen LogP contribution >= 0.6 is 0 Å². The first-order valence-electron chi connectivity index (χ1n) is 7.66. The Balaban J connectivity index is 2.31. The quantitative estimate of drug-likeness (QED) is 0.712. The molecular weight excluding hydrogens is 306 g/mol. The normalized spacial score (nSPS) is 17.4. The Bertz CT molecular complexity index is 664. The number of hydrogen-bond donors (Lipinski definition) is 0. The summed E-state index contributed by atoms with van der Waals surface area (Å²) in [6, 6.07) is 3.75. The van der Waals surface area contributed by atoms with Crippen molar-refractivity contribution in [2.75, 3.05) is 21.3 Å². The molecule has 1 aliphatic heterocycles. The third-order valence-electron chi connectivity index (χ3n) is 3.71. The van der Waals surface area contributed by atoms with Crippen molar-refractivity contribution >= 4 is 5.71 Å². The van der Waals surface area contributed by atoms with Crippen LogP contribution in [0, 0.1) is 0 Å². The molecule has 24 heavy (non-hydrogen) atoms. The second kappa shape index (κ2) is 8.24. The molecule has 0 saturated carbocycles. The Morgan fingerprint density at radius 2 is 1.88 bits per heavy atom. The molecule has 0 amide bonds. The van der Waals surface area contributed by atoms with E-state index in [4.69, 9.17) is 19.0 Å². The number of nitrogens with zero attached hydrogens (tertiary/aromatic N) is 1. The summed E-state index contributed by atoms with van der Waals surface area (Å²) in [5.74, 6) is 1.74. The first kappa shape index (κ1) is 17.7. The number of oxime groups is 1. The topological polar surface area (TPSA) is 49.3 Å². The molecule has 2 rings (SSSR count). The summed E-state index contributed by atoms with van der Waals surface area (Å²) in [5.41, 5.74) is 2.74. The number of allylic oxidation sites excluding steroid dienone is 3. The molecule has 0 bridgehead atoms. The minimum absolute atomic E-state index is 0.131. The van der Waals surface area contributed by atoms with E-state index in [1.165, 1.54) is 0 Å². The maximum Gasteiger partial charge on any atom is 0.203 e. The highest BCUT2D eigenvalue weighted by Crippen LogP contribution is 2.39. The van der Waals surface area contributed by atoms with Crippen LogP contribution in [0.4, 0.5) is 0 Å². The number of rotatable bonds is 7. The van der Waals surface area contributed by atoms with E-state index in [1.54, 1.807) is 27.4 Å². The number of methoxy groups -OCH3 is 3.